The molecular formula is C13H22N2O2S. The highest BCUT2D eigenvalue weighted by Gasteiger charge is 2.10. The predicted molar refractivity (Wildman–Crippen MR) is 76.5 cm³/mol. The fraction of sp³-hybridized carbons (Fsp3) is 0.538. The van der Waals surface area contributed by atoms with E-state index in [0.29, 0.717) is 24.6 Å². The summed E-state index contributed by atoms with van der Waals surface area (Å²) in [7, 11) is -1.43. The monoisotopic (exact) mass is 270 g/mol. The molecule has 1 aromatic carbocycles. The summed E-state index contributed by atoms with van der Waals surface area (Å²) in [5.41, 5.74) is 1.77. The van der Waals surface area contributed by atoms with Crippen molar-refractivity contribution in [2.24, 2.45) is 0 Å². The van der Waals surface area contributed by atoms with E-state index < -0.39 is 10.0 Å². The van der Waals surface area contributed by atoms with Gasteiger partial charge in [0.2, 0.25) is 10.0 Å². The molecule has 0 bridgehead atoms. The lowest BCUT2D eigenvalue weighted by Gasteiger charge is -2.11. The second-order valence-electron chi connectivity index (χ2n) is 4.66. The van der Waals surface area contributed by atoms with Crippen molar-refractivity contribution < 1.29 is 8.42 Å². The summed E-state index contributed by atoms with van der Waals surface area (Å²) in [6, 6.07) is 7.55. The van der Waals surface area contributed by atoms with Gasteiger partial charge < -0.3 is 5.32 Å². The Morgan fingerprint density at radius 2 is 2.00 bits per heavy atom. The van der Waals surface area contributed by atoms with Crippen molar-refractivity contribution in [2.75, 3.05) is 24.1 Å². The lowest BCUT2D eigenvalue weighted by Crippen LogP contribution is -2.20. The Bertz CT molecular complexity index is 470. The van der Waals surface area contributed by atoms with Crippen LogP contribution in [-0.2, 0) is 10.0 Å². The van der Waals surface area contributed by atoms with Gasteiger partial charge in [0.1, 0.15) is 0 Å². The maximum atomic E-state index is 11.8. The maximum absolute atomic E-state index is 11.8. The van der Waals surface area contributed by atoms with Crippen LogP contribution < -0.4 is 10.0 Å². The summed E-state index contributed by atoms with van der Waals surface area (Å²) in [6.07, 6.45) is 0.607. The van der Waals surface area contributed by atoms with E-state index in [0.717, 1.165) is 5.56 Å². The Labute approximate surface area is 110 Å². The first-order valence-corrected chi connectivity index (χ1v) is 7.85. The highest BCUT2D eigenvalue weighted by Crippen LogP contribution is 2.19. The van der Waals surface area contributed by atoms with Gasteiger partial charge in [-0.2, -0.15) is 0 Å². The molecule has 0 fully saturated rings. The molecule has 0 spiro atoms. The number of benzene rings is 1. The van der Waals surface area contributed by atoms with Crippen LogP contribution in [0.2, 0.25) is 0 Å². The Hall–Kier alpha value is -1.07. The number of rotatable bonds is 7. The first kappa shape index (κ1) is 15.0. The van der Waals surface area contributed by atoms with Crippen molar-refractivity contribution in [1.82, 2.24) is 5.32 Å². The normalized spacial score (nSPS) is 11.8. The third kappa shape index (κ3) is 5.06. The van der Waals surface area contributed by atoms with Crippen LogP contribution in [0.25, 0.3) is 0 Å². The molecule has 0 aliphatic heterocycles. The minimum absolute atomic E-state index is 0.139. The zero-order valence-electron chi connectivity index (χ0n) is 11.2. The molecule has 18 heavy (non-hydrogen) atoms. The number of hydrogen-bond acceptors (Lipinski definition) is 3. The van der Waals surface area contributed by atoms with Crippen LogP contribution in [0.4, 0.5) is 5.69 Å². The molecule has 0 amide bonds. The fourth-order valence-corrected chi connectivity index (χ4v) is 2.74. The molecule has 0 heterocycles. The Kier molecular flexibility index (Phi) is 5.62. The largest absolute Gasteiger partial charge is 0.320 e. The Balaban J connectivity index is 2.69. The van der Waals surface area contributed by atoms with Gasteiger partial charge in [-0.25, -0.2) is 8.42 Å². The van der Waals surface area contributed by atoms with Crippen LogP contribution in [0.1, 0.15) is 31.7 Å². The van der Waals surface area contributed by atoms with E-state index in [1.165, 1.54) is 0 Å². The summed E-state index contributed by atoms with van der Waals surface area (Å²) in [5.74, 6) is 0.526. The molecule has 102 valence electrons. The number of anilines is 1. The summed E-state index contributed by atoms with van der Waals surface area (Å²) < 4.78 is 26.3. The van der Waals surface area contributed by atoms with Crippen molar-refractivity contribution in [3.8, 4) is 0 Å². The van der Waals surface area contributed by atoms with Crippen molar-refractivity contribution >= 4 is 15.7 Å². The van der Waals surface area contributed by atoms with E-state index in [9.17, 15) is 8.42 Å². The van der Waals surface area contributed by atoms with Gasteiger partial charge >= 0.3 is 0 Å². The van der Waals surface area contributed by atoms with Crippen LogP contribution in [0.3, 0.4) is 0 Å². The van der Waals surface area contributed by atoms with E-state index in [1.807, 2.05) is 25.2 Å². The minimum atomic E-state index is -3.24. The summed E-state index contributed by atoms with van der Waals surface area (Å²) in [5, 5.41) is 2.94. The van der Waals surface area contributed by atoms with Gasteiger partial charge in [-0.15, -0.1) is 0 Å². The number of hydrogen-bond donors (Lipinski definition) is 2. The SMILES string of the molecule is CNCCCS(=O)(=O)Nc1cccc(C(C)C)c1. The quantitative estimate of drug-likeness (QED) is 0.747. The molecule has 1 aromatic rings. The first-order chi connectivity index (χ1) is 8.44. The van der Waals surface area contributed by atoms with Crippen LogP contribution in [0, 0.1) is 0 Å². The second-order valence-corrected chi connectivity index (χ2v) is 6.50. The maximum Gasteiger partial charge on any atom is 0.232 e. The zero-order chi connectivity index (χ0) is 13.6. The van der Waals surface area contributed by atoms with Crippen LogP contribution in [0.5, 0.6) is 0 Å². The summed E-state index contributed by atoms with van der Waals surface area (Å²) >= 11 is 0. The summed E-state index contributed by atoms with van der Waals surface area (Å²) in [6.45, 7) is 4.87. The topological polar surface area (TPSA) is 58.2 Å². The lowest BCUT2D eigenvalue weighted by atomic mass is 10.0. The molecule has 5 heteroatoms. The number of sulfonamides is 1. The molecule has 0 saturated heterocycles. The van der Waals surface area contributed by atoms with Crippen molar-refractivity contribution in [3.05, 3.63) is 29.8 Å². The molecule has 0 saturated carbocycles. The van der Waals surface area contributed by atoms with Gasteiger partial charge in [-0.3, -0.25) is 4.72 Å². The number of nitrogens with one attached hydrogen (secondary N) is 2. The average Bonchev–Trinajstić information content (AvgIpc) is 2.28. The van der Waals surface area contributed by atoms with Gasteiger partial charge in [-0.1, -0.05) is 26.0 Å². The third-order valence-corrected chi connectivity index (χ3v) is 4.04. The Morgan fingerprint density at radius 1 is 1.28 bits per heavy atom. The first-order valence-electron chi connectivity index (χ1n) is 6.19. The van der Waals surface area contributed by atoms with Gasteiger partial charge in [0.15, 0.2) is 0 Å². The lowest BCUT2D eigenvalue weighted by molar-refractivity contribution is 0.597. The van der Waals surface area contributed by atoms with E-state index in [2.05, 4.69) is 23.9 Å². The Morgan fingerprint density at radius 3 is 2.61 bits per heavy atom. The standard InChI is InChI=1S/C13H22N2O2S/c1-11(2)12-6-4-7-13(10-12)15-18(16,17)9-5-8-14-3/h4,6-7,10-11,14-15H,5,8-9H2,1-3H3. The van der Waals surface area contributed by atoms with Crippen LogP contribution >= 0.6 is 0 Å². The minimum Gasteiger partial charge on any atom is -0.320 e. The molecule has 0 unspecified atom stereocenters. The van der Waals surface area contributed by atoms with E-state index in [1.54, 1.807) is 6.07 Å². The predicted octanol–water partition coefficient (Wildman–Crippen LogP) is 2.16. The molecule has 2 N–H and O–H groups in total. The molecule has 1 rings (SSSR count). The van der Waals surface area contributed by atoms with Crippen LogP contribution in [0.15, 0.2) is 24.3 Å². The third-order valence-electron chi connectivity index (χ3n) is 2.67. The van der Waals surface area contributed by atoms with Crippen molar-refractivity contribution in [1.29, 1.82) is 0 Å². The molecule has 0 aliphatic carbocycles. The van der Waals surface area contributed by atoms with Gasteiger partial charge in [0.05, 0.1) is 5.75 Å². The van der Waals surface area contributed by atoms with Crippen LogP contribution in [-0.4, -0.2) is 27.8 Å². The molecular weight excluding hydrogens is 248 g/mol. The van der Waals surface area contributed by atoms with Crippen molar-refractivity contribution in [3.63, 3.8) is 0 Å². The zero-order valence-corrected chi connectivity index (χ0v) is 12.0. The molecule has 0 aliphatic rings. The molecule has 0 radical (unpaired) electrons. The molecule has 4 nitrogen and oxygen atoms in total. The van der Waals surface area contributed by atoms with E-state index in [4.69, 9.17) is 0 Å². The average molecular weight is 270 g/mol. The smallest absolute Gasteiger partial charge is 0.232 e. The van der Waals surface area contributed by atoms with Crippen molar-refractivity contribution in [2.45, 2.75) is 26.2 Å². The second kappa shape index (κ2) is 6.75. The van der Waals surface area contributed by atoms with E-state index >= 15 is 0 Å². The highest BCUT2D eigenvalue weighted by atomic mass is 32.2. The van der Waals surface area contributed by atoms with Gasteiger partial charge in [-0.05, 0) is 43.6 Å². The van der Waals surface area contributed by atoms with Gasteiger partial charge in [0, 0.05) is 5.69 Å². The van der Waals surface area contributed by atoms with Gasteiger partial charge in [0.25, 0.3) is 0 Å². The molecule has 0 atom stereocenters. The highest BCUT2D eigenvalue weighted by molar-refractivity contribution is 7.92. The summed E-state index contributed by atoms with van der Waals surface area (Å²) in [4.78, 5) is 0. The molecule has 0 aromatic heterocycles. The fourth-order valence-electron chi connectivity index (χ4n) is 1.63. The van der Waals surface area contributed by atoms with E-state index in [-0.39, 0.29) is 5.75 Å².